The first-order chi connectivity index (χ1) is 14.6. The van der Waals surface area contributed by atoms with Crippen molar-refractivity contribution >= 4 is 35.7 Å². The summed E-state index contributed by atoms with van der Waals surface area (Å²) in [5, 5.41) is 2.86. The Kier molecular flexibility index (Phi) is 9.62. The van der Waals surface area contributed by atoms with Gasteiger partial charge in [-0.3, -0.25) is 4.79 Å². The van der Waals surface area contributed by atoms with Crippen LogP contribution in [-0.4, -0.2) is 51.4 Å². The van der Waals surface area contributed by atoms with Crippen molar-refractivity contribution in [1.82, 2.24) is 0 Å². The van der Waals surface area contributed by atoms with Crippen molar-refractivity contribution < 1.29 is 23.8 Å². The lowest BCUT2D eigenvalue weighted by atomic mass is 10.1. The monoisotopic (exact) mass is 448 g/mol. The molecule has 0 saturated carbocycles. The SMILES string of the molecule is CCCOc1cccc(C(=O)Nc2ccc(N3CCOCC3)c(C(=O)OCC)c2)c1.Cl. The third-order valence-corrected chi connectivity index (χ3v) is 4.67. The first-order valence-electron chi connectivity index (χ1n) is 10.3. The van der Waals surface area contributed by atoms with E-state index in [-0.39, 0.29) is 24.9 Å². The lowest BCUT2D eigenvalue weighted by molar-refractivity contribution is 0.0526. The third-order valence-electron chi connectivity index (χ3n) is 4.67. The molecule has 0 aromatic heterocycles. The molecule has 31 heavy (non-hydrogen) atoms. The van der Waals surface area contributed by atoms with Crippen LogP contribution in [0.1, 0.15) is 41.0 Å². The quantitative estimate of drug-likeness (QED) is 0.611. The maximum Gasteiger partial charge on any atom is 0.340 e. The molecule has 0 unspecified atom stereocenters. The van der Waals surface area contributed by atoms with Crippen LogP contribution in [0.25, 0.3) is 0 Å². The van der Waals surface area contributed by atoms with Gasteiger partial charge in [0.05, 0.1) is 37.7 Å². The number of halogens is 1. The summed E-state index contributed by atoms with van der Waals surface area (Å²) in [6, 6.07) is 12.3. The van der Waals surface area contributed by atoms with Gasteiger partial charge in [0, 0.05) is 24.3 Å². The Morgan fingerprint density at radius 3 is 2.58 bits per heavy atom. The van der Waals surface area contributed by atoms with Crippen LogP contribution in [-0.2, 0) is 9.47 Å². The number of nitrogens with one attached hydrogen (secondary N) is 1. The molecular weight excluding hydrogens is 420 g/mol. The topological polar surface area (TPSA) is 77.1 Å². The molecule has 168 valence electrons. The Hall–Kier alpha value is -2.77. The van der Waals surface area contributed by atoms with Gasteiger partial charge in [0.1, 0.15) is 5.75 Å². The zero-order chi connectivity index (χ0) is 21.3. The molecule has 1 heterocycles. The van der Waals surface area contributed by atoms with Gasteiger partial charge in [-0.15, -0.1) is 12.4 Å². The molecule has 1 aliphatic heterocycles. The zero-order valence-electron chi connectivity index (χ0n) is 17.9. The second-order valence-electron chi connectivity index (χ2n) is 6.88. The summed E-state index contributed by atoms with van der Waals surface area (Å²) < 4.78 is 16.2. The van der Waals surface area contributed by atoms with Crippen LogP contribution in [0.3, 0.4) is 0 Å². The molecule has 1 N–H and O–H groups in total. The van der Waals surface area contributed by atoms with E-state index in [9.17, 15) is 9.59 Å². The summed E-state index contributed by atoms with van der Waals surface area (Å²) in [5.74, 6) is -0.0321. The highest BCUT2D eigenvalue weighted by Crippen LogP contribution is 2.27. The number of esters is 1. The van der Waals surface area contributed by atoms with Gasteiger partial charge in [-0.1, -0.05) is 13.0 Å². The van der Waals surface area contributed by atoms with E-state index < -0.39 is 5.97 Å². The van der Waals surface area contributed by atoms with Crippen molar-refractivity contribution in [2.75, 3.05) is 49.7 Å². The van der Waals surface area contributed by atoms with Gasteiger partial charge in [-0.25, -0.2) is 4.79 Å². The van der Waals surface area contributed by atoms with Gasteiger partial charge < -0.3 is 24.4 Å². The number of ether oxygens (including phenoxy) is 3. The number of hydrogen-bond donors (Lipinski definition) is 1. The lowest BCUT2D eigenvalue weighted by Crippen LogP contribution is -2.37. The molecule has 2 aromatic rings. The summed E-state index contributed by atoms with van der Waals surface area (Å²) in [5.41, 5.74) is 2.22. The van der Waals surface area contributed by atoms with E-state index in [0.717, 1.165) is 12.1 Å². The number of anilines is 2. The van der Waals surface area contributed by atoms with Crippen LogP contribution in [0.5, 0.6) is 5.75 Å². The summed E-state index contributed by atoms with van der Waals surface area (Å²) in [6.07, 6.45) is 0.891. The molecule has 1 saturated heterocycles. The minimum atomic E-state index is -0.412. The number of amides is 1. The molecule has 0 atom stereocenters. The van der Waals surface area contributed by atoms with E-state index in [2.05, 4.69) is 10.2 Å². The summed E-state index contributed by atoms with van der Waals surface area (Å²) in [7, 11) is 0. The molecule has 1 aliphatic rings. The highest BCUT2D eigenvalue weighted by Gasteiger charge is 2.21. The van der Waals surface area contributed by atoms with Gasteiger partial charge in [-0.05, 0) is 49.7 Å². The number of carbonyl (C=O) groups excluding carboxylic acids is 2. The molecule has 1 amide bonds. The fourth-order valence-electron chi connectivity index (χ4n) is 3.22. The number of rotatable bonds is 8. The number of hydrogen-bond acceptors (Lipinski definition) is 6. The molecule has 0 spiro atoms. The van der Waals surface area contributed by atoms with E-state index in [1.54, 1.807) is 37.3 Å². The molecule has 2 aromatic carbocycles. The van der Waals surface area contributed by atoms with Crippen molar-refractivity contribution in [1.29, 1.82) is 0 Å². The van der Waals surface area contributed by atoms with Crippen molar-refractivity contribution in [2.45, 2.75) is 20.3 Å². The predicted molar refractivity (Wildman–Crippen MR) is 123 cm³/mol. The fraction of sp³-hybridized carbons (Fsp3) is 0.391. The number of benzene rings is 2. The van der Waals surface area contributed by atoms with Gasteiger partial charge in [-0.2, -0.15) is 0 Å². The minimum absolute atomic E-state index is 0. The van der Waals surface area contributed by atoms with Crippen LogP contribution in [0.4, 0.5) is 11.4 Å². The highest BCUT2D eigenvalue weighted by atomic mass is 35.5. The Morgan fingerprint density at radius 2 is 1.87 bits per heavy atom. The standard InChI is InChI=1S/C23H28N2O5.ClH/c1-3-12-30-19-7-5-6-17(15-19)22(26)24-18-8-9-21(25-10-13-28-14-11-25)20(16-18)23(27)29-4-2;/h5-9,15-16H,3-4,10-14H2,1-2H3,(H,24,26);1H. The molecule has 7 nitrogen and oxygen atoms in total. The number of morpholine rings is 1. The molecule has 0 radical (unpaired) electrons. The van der Waals surface area contributed by atoms with Crippen molar-refractivity contribution in [3.63, 3.8) is 0 Å². The largest absolute Gasteiger partial charge is 0.494 e. The smallest absolute Gasteiger partial charge is 0.340 e. The van der Waals surface area contributed by atoms with Gasteiger partial charge in [0.25, 0.3) is 5.91 Å². The van der Waals surface area contributed by atoms with Crippen LogP contribution in [0.15, 0.2) is 42.5 Å². The third kappa shape index (κ3) is 6.60. The van der Waals surface area contributed by atoms with E-state index in [4.69, 9.17) is 14.2 Å². The first kappa shape index (κ1) is 24.5. The highest BCUT2D eigenvalue weighted by molar-refractivity contribution is 6.05. The van der Waals surface area contributed by atoms with Crippen molar-refractivity contribution in [3.05, 3.63) is 53.6 Å². The van der Waals surface area contributed by atoms with Crippen LogP contribution in [0.2, 0.25) is 0 Å². The van der Waals surface area contributed by atoms with Crippen molar-refractivity contribution in [3.8, 4) is 5.75 Å². The van der Waals surface area contributed by atoms with Crippen LogP contribution < -0.4 is 15.0 Å². The van der Waals surface area contributed by atoms with Crippen LogP contribution in [0, 0.1) is 0 Å². The van der Waals surface area contributed by atoms with Gasteiger partial charge >= 0.3 is 5.97 Å². The average Bonchev–Trinajstić information content (AvgIpc) is 2.78. The Balaban J connectivity index is 0.00000341. The van der Waals surface area contributed by atoms with Crippen LogP contribution >= 0.6 is 12.4 Å². The molecule has 1 fully saturated rings. The normalized spacial score (nSPS) is 13.2. The molecule has 8 heteroatoms. The summed E-state index contributed by atoms with van der Waals surface area (Å²) in [6.45, 7) is 7.28. The van der Waals surface area contributed by atoms with E-state index >= 15 is 0 Å². The zero-order valence-corrected chi connectivity index (χ0v) is 18.7. The van der Waals surface area contributed by atoms with E-state index in [1.807, 2.05) is 19.1 Å². The second kappa shape index (κ2) is 12.2. The Bertz CT molecular complexity index is 884. The molecule has 0 bridgehead atoms. The maximum absolute atomic E-state index is 12.7. The van der Waals surface area contributed by atoms with Gasteiger partial charge in [0.2, 0.25) is 0 Å². The van der Waals surface area contributed by atoms with Crippen molar-refractivity contribution in [2.24, 2.45) is 0 Å². The second-order valence-corrected chi connectivity index (χ2v) is 6.88. The minimum Gasteiger partial charge on any atom is -0.494 e. The van der Waals surface area contributed by atoms with E-state index in [0.29, 0.717) is 55.5 Å². The first-order valence-corrected chi connectivity index (χ1v) is 10.3. The summed E-state index contributed by atoms with van der Waals surface area (Å²) in [4.78, 5) is 27.4. The van der Waals surface area contributed by atoms with Gasteiger partial charge in [0.15, 0.2) is 0 Å². The molecule has 0 aliphatic carbocycles. The molecule has 3 rings (SSSR count). The lowest BCUT2D eigenvalue weighted by Gasteiger charge is -2.30. The Labute approximate surface area is 189 Å². The number of carbonyl (C=O) groups is 2. The fourth-order valence-corrected chi connectivity index (χ4v) is 3.22. The average molecular weight is 449 g/mol. The predicted octanol–water partition coefficient (Wildman–Crippen LogP) is 4.16. The maximum atomic E-state index is 12.7. The number of nitrogens with zero attached hydrogens (tertiary/aromatic N) is 1. The van der Waals surface area contributed by atoms with E-state index in [1.165, 1.54) is 0 Å². The Morgan fingerprint density at radius 1 is 1.10 bits per heavy atom. The summed E-state index contributed by atoms with van der Waals surface area (Å²) >= 11 is 0. The molecular formula is C23H29ClN2O5.